The van der Waals surface area contributed by atoms with Gasteiger partial charge in [0.1, 0.15) is 0 Å². The molecule has 0 amide bonds. The van der Waals surface area contributed by atoms with Gasteiger partial charge >= 0.3 is 59.1 Å². The first kappa shape index (κ1) is 77.6. The van der Waals surface area contributed by atoms with E-state index in [-0.39, 0.29) is 81.0 Å². The van der Waals surface area contributed by atoms with Gasteiger partial charge in [-0.2, -0.15) is 0 Å². The second-order valence-electron chi connectivity index (χ2n) is 0.183. The van der Waals surface area contributed by atoms with Crippen LogP contribution >= 0.6 is 0 Å². The number of rotatable bonds is 0. The van der Waals surface area contributed by atoms with Crippen molar-refractivity contribution in [1.29, 1.82) is 0 Å². The van der Waals surface area contributed by atoms with E-state index in [0.717, 1.165) is 0 Å². The minimum Gasteiger partial charge on any atom is -0.665 e. The zero-order chi connectivity index (χ0) is 5.41. The van der Waals surface area contributed by atoms with Crippen molar-refractivity contribution in [2.24, 2.45) is 0 Å². The Morgan fingerprint density at radius 2 is 0.667 bits per heavy atom. The van der Waals surface area contributed by atoms with E-state index in [1.165, 1.54) is 0 Å². The van der Waals surface area contributed by atoms with Crippen molar-refractivity contribution in [2.75, 3.05) is 0 Å². The van der Waals surface area contributed by atoms with E-state index in [4.69, 9.17) is 19.8 Å². The summed E-state index contributed by atoms with van der Waals surface area (Å²) < 4.78 is 0. The van der Waals surface area contributed by atoms with E-state index < -0.39 is 0 Å². The van der Waals surface area contributed by atoms with Crippen LogP contribution in [0.1, 0.15) is 0 Å². The van der Waals surface area contributed by atoms with Crippen molar-refractivity contribution >= 4 is 12.9 Å². The maximum Gasteiger partial charge on any atom is 1.00 e. The fraction of sp³-hybridized carbons (Fsp3) is 0. The zero-order valence-electron chi connectivity index (χ0n) is 6.71. The quantitative estimate of drug-likeness (QED) is 0.294. The van der Waals surface area contributed by atoms with Crippen molar-refractivity contribution in [2.45, 2.75) is 0 Å². The number of aliphatic hydroxyl groups excluding tert-OH is 2. The minimum absolute atomic E-state index is 0. The van der Waals surface area contributed by atoms with Crippen LogP contribution < -0.4 is 59.1 Å². The monoisotopic (exact) mass is 208 g/mol. The molecule has 0 spiro atoms. The van der Waals surface area contributed by atoms with E-state index in [0.29, 0.717) is 12.9 Å². The number of hydrogen-bond acceptors (Lipinski definition) is 2. The maximum atomic E-state index is 8.24. The van der Waals surface area contributed by atoms with Gasteiger partial charge in [0.2, 0.25) is 0 Å². The molecule has 0 bridgehead atoms. The Hall–Kier alpha value is 0.780. The largest absolute Gasteiger partial charge is 1.00 e. The van der Waals surface area contributed by atoms with Crippen LogP contribution in [0.4, 0.5) is 0 Å². The molecule has 0 aromatic rings. The first-order valence-electron chi connectivity index (χ1n) is 0.855. The molecule has 8 nitrogen and oxygen atoms in total. The molecule has 0 saturated carbocycles. The summed E-state index contributed by atoms with van der Waals surface area (Å²) in [7, 11) is 0. The molecule has 0 unspecified atom stereocenters. The van der Waals surface area contributed by atoms with Gasteiger partial charge in [-0.25, -0.2) is 0 Å². The van der Waals surface area contributed by atoms with Gasteiger partial charge in [0.05, 0.1) is 0 Å². The van der Waals surface area contributed by atoms with Crippen LogP contribution in [0, 0.1) is 0 Å². The van der Waals surface area contributed by atoms with Gasteiger partial charge in [0.15, 0.2) is 0 Å². The molecule has 0 rings (SSSR count). The van der Waals surface area contributed by atoms with E-state index in [2.05, 4.69) is 0 Å². The Balaban J connectivity index is -0.00000000296. The summed E-state index contributed by atoms with van der Waals surface area (Å²) in [5, 5.41) is 13.5. The third-order valence-electron chi connectivity index (χ3n) is 0. The van der Waals surface area contributed by atoms with Crippen LogP contribution in [0.2, 0.25) is 0 Å². The fourth-order valence-electron chi connectivity index (χ4n) is 0. The third kappa shape index (κ3) is 1690. The van der Waals surface area contributed by atoms with E-state index in [1.807, 2.05) is 0 Å². The first-order valence-corrected chi connectivity index (χ1v) is 0.855. The molecule has 0 fully saturated rings. The standard InChI is InChI=1S/2CHO2.2Na.4H2O/c2*2-1-3;;;;;;/h2*(H,2,3);;;4*1H2/q2*-1;2*+1;;;;. The van der Waals surface area contributed by atoms with Gasteiger partial charge in [-0.1, -0.05) is 12.9 Å². The average molecular weight is 208 g/mol. The van der Waals surface area contributed by atoms with Crippen LogP contribution in [0.15, 0.2) is 0 Å². The normalized spacial score (nSPS) is 2.00. The van der Waals surface area contributed by atoms with Crippen LogP contribution in [0.3, 0.4) is 0 Å². The van der Waals surface area contributed by atoms with Crippen LogP contribution in [0.5, 0.6) is 0 Å². The van der Waals surface area contributed by atoms with Crippen molar-refractivity contribution in [1.82, 2.24) is 0 Å². The van der Waals surface area contributed by atoms with Crippen molar-refractivity contribution in [3.63, 3.8) is 0 Å². The summed E-state index contributed by atoms with van der Waals surface area (Å²) in [6.07, 6.45) is 0. The zero-order valence-corrected chi connectivity index (χ0v) is 10.7. The molecular formula is C2H10Na2O8. The third-order valence-corrected chi connectivity index (χ3v) is 0. The van der Waals surface area contributed by atoms with Crippen LogP contribution in [0.25, 0.3) is 0 Å². The van der Waals surface area contributed by atoms with Crippen LogP contribution in [-0.4, -0.2) is 45.1 Å². The summed E-state index contributed by atoms with van der Waals surface area (Å²) in [6.45, 7) is 1.00. The van der Waals surface area contributed by atoms with E-state index in [9.17, 15) is 0 Å². The van der Waals surface area contributed by atoms with Crippen molar-refractivity contribution < 1.29 is 101 Å². The summed E-state index contributed by atoms with van der Waals surface area (Å²) >= 11 is 0. The average Bonchev–Trinajstić information content (AvgIpc) is 1.39. The molecule has 0 aromatic heterocycles. The molecule has 12 heavy (non-hydrogen) atoms. The Bertz CT molecular complexity index is 36.0. The predicted molar refractivity (Wildman–Crippen MR) is 31.1 cm³/mol. The molecule has 10 heteroatoms. The molecular weight excluding hydrogens is 198 g/mol. The van der Waals surface area contributed by atoms with Crippen molar-refractivity contribution in [3.05, 3.63) is 0 Å². The van der Waals surface area contributed by atoms with E-state index in [1.54, 1.807) is 0 Å². The maximum absolute atomic E-state index is 8.24. The minimum atomic E-state index is 0. The Morgan fingerprint density at radius 1 is 0.667 bits per heavy atom. The Morgan fingerprint density at radius 3 is 0.667 bits per heavy atom. The molecule has 68 valence electrons. The molecule has 0 aliphatic heterocycles. The summed E-state index contributed by atoms with van der Waals surface area (Å²) in [5.74, 6) is 0. The van der Waals surface area contributed by atoms with Crippen LogP contribution in [-0.2, 0) is 9.59 Å². The number of hydrogen-bond donors (Lipinski definition) is 2. The molecule has 0 saturated heterocycles. The summed E-state index contributed by atoms with van der Waals surface area (Å²) in [6, 6.07) is 0. The second-order valence-corrected chi connectivity index (χ2v) is 0.183. The van der Waals surface area contributed by atoms with Gasteiger partial charge < -0.3 is 41.7 Å². The molecule has 0 aliphatic rings. The molecule has 0 atom stereocenters. The summed E-state index contributed by atoms with van der Waals surface area (Å²) in [4.78, 5) is 16.5. The molecule has 0 heterocycles. The Kier molecular flexibility index (Phi) is 1150. The summed E-state index contributed by atoms with van der Waals surface area (Å²) in [5.41, 5.74) is 0. The first-order chi connectivity index (χ1) is 2.83. The molecule has 0 aliphatic carbocycles. The Labute approximate surface area is 113 Å². The fourth-order valence-corrected chi connectivity index (χ4v) is 0. The van der Waals surface area contributed by atoms with Crippen molar-refractivity contribution in [3.8, 4) is 0 Å². The molecule has 10 N–H and O–H groups in total. The molecule has 0 radical (unpaired) electrons. The molecule has 0 aromatic carbocycles. The predicted octanol–water partition coefficient (Wildman–Crippen LogP) is -10.1. The van der Waals surface area contributed by atoms with Gasteiger partial charge in [-0.3, -0.25) is 0 Å². The smallest absolute Gasteiger partial charge is 0.665 e. The van der Waals surface area contributed by atoms with Gasteiger partial charge in [-0.05, 0) is 0 Å². The van der Waals surface area contributed by atoms with E-state index >= 15 is 0 Å². The topological polar surface area (TPSA) is 201 Å². The SMILES string of the molecule is O.O.O.O.O=[C-]O.O=[C-]O.[Na+].[Na+]. The van der Waals surface area contributed by atoms with Gasteiger partial charge in [-0.15, -0.1) is 0 Å². The second kappa shape index (κ2) is 177. The van der Waals surface area contributed by atoms with Gasteiger partial charge in [0.25, 0.3) is 0 Å². The van der Waals surface area contributed by atoms with Gasteiger partial charge in [0, 0.05) is 0 Å².